The first kappa shape index (κ1) is 12.3. The fraction of sp³-hybridized carbons (Fsp3) is 0.455. The second kappa shape index (κ2) is 6.66. The first-order valence-corrected chi connectivity index (χ1v) is 5.13. The molecule has 0 saturated heterocycles. The average molecular weight is 226 g/mol. The minimum atomic E-state index is -0.764. The van der Waals surface area contributed by atoms with E-state index in [1.807, 2.05) is 0 Å². The van der Waals surface area contributed by atoms with Gasteiger partial charge in [-0.1, -0.05) is 6.42 Å². The van der Waals surface area contributed by atoms with E-state index in [2.05, 4.69) is 4.74 Å². The number of unbranched alkanes of at least 4 members (excludes halogenated alkanes) is 2. The molecule has 0 radical (unpaired) electrons. The summed E-state index contributed by atoms with van der Waals surface area (Å²) in [5, 5.41) is 8.42. The van der Waals surface area contributed by atoms with Crippen LogP contribution in [0.4, 0.5) is 0 Å². The van der Waals surface area contributed by atoms with Crippen LogP contribution in [0.25, 0.3) is 0 Å². The minimum Gasteiger partial charge on any atom is -0.481 e. The van der Waals surface area contributed by atoms with Gasteiger partial charge in [0.15, 0.2) is 0 Å². The summed E-state index contributed by atoms with van der Waals surface area (Å²) in [5.74, 6) is 0.169. The van der Waals surface area contributed by atoms with Gasteiger partial charge < -0.3 is 14.3 Å². The number of carbonyl (C=O) groups is 2. The molecule has 88 valence electrons. The standard InChI is InChI=1S/C11H14O5/c12-8-15-11-7-6-9(16-11)4-2-1-3-5-10(13)14/h6-8H,1-5H2,(H,13,14). The fourth-order valence-electron chi connectivity index (χ4n) is 1.36. The number of ether oxygens (including phenoxy) is 1. The normalized spacial score (nSPS) is 10.0. The van der Waals surface area contributed by atoms with Gasteiger partial charge in [0.1, 0.15) is 5.76 Å². The van der Waals surface area contributed by atoms with Crippen LogP contribution in [0.3, 0.4) is 0 Å². The quantitative estimate of drug-likeness (QED) is 0.542. The molecule has 0 amide bonds. The van der Waals surface area contributed by atoms with Crippen LogP contribution in [-0.4, -0.2) is 17.5 Å². The van der Waals surface area contributed by atoms with Crippen LogP contribution in [0.15, 0.2) is 16.5 Å². The zero-order chi connectivity index (χ0) is 11.8. The summed E-state index contributed by atoms with van der Waals surface area (Å²) >= 11 is 0. The number of hydrogen-bond donors (Lipinski definition) is 1. The highest BCUT2D eigenvalue weighted by atomic mass is 16.6. The van der Waals surface area contributed by atoms with Gasteiger partial charge in [0, 0.05) is 18.9 Å². The number of hydrogen-bond acceptors (Lipinski definition) is 4. The maximum absolute atomic E-state index is 10.2. The van der Waals surface area contributed by atoms with Gasteiger partial charge in [-0.15, -0.1) is 0 Å². The molecule has 0 saturated carbocycles. The Hall–Kier alpha value is -1.78. The van der Waals surface area contributed by atoms with Crippen molar-refractivity contribution in [1.82, 2.24) is 0 Å². The van der Waals surface area contributed by atoms with E-state index in [9.17, 15) is 9.59 Å². The van der Waals surface area contributed by atoms with E-state index in [0.29, 0.717) is 12.9 Å². The van der Waals surface area contributed by atoms with Crippen LogP contribution < -0.4 is 4.74 Å². The third-order valence-corrected chi connectivity index (χ3v) is 2.12. The van der Waals surface area contributed by atoms with Gasteiger partial charge >= 0.3 is 12.4 Å². The number of aliphatic carboxylic acids is 1. The third-order valence-electron chi connectivity index (χ3n) is 2.12. The van der Waals surface area contributed by atoms with Crippen molar-refractivity contribution < 1.29 is 23.8 Å². The molecule has 1 N–H and O–H groups in total. The molecule has 0 spiro atoms. The van der Waals surface area contributed by atoms with E-state index in [1.54, 1.807) is 12.1 Å². The summed E-state index contributed by atoms with van der Waals surface area (Å²) in [6.45, 7) is 0.315. The van der Waals surface area contributed by atoms with E-state index >= 15 is 0 Å². The van der Waals surface area contributed by atoms with Gasteiger partial charge in [-0.3, -0.25) is 9.59 Å². The van der Waals surface area contributed by atoms with E-state index in [1.165, 1.54) is 0 Å². The van der Waals surface area contributed by atoms with Crippen LogP contribution in [0, 0.1) is 0 Å². The Morgan fingerprint density at radius 2 is 2.19 bits per heavy atom. The molecule has 5 nitrogen and oxygen atoms in total. The van der Waals surface area contributed by atoms with E-state index in [4.69, 9.17) is 9.52 Å². The highest BCUT2D eigenvalue weighted by Crippen LogP contribution is 2.17. The zero-order valence-corrected chi connectivity index (χ0v) is 8.85. The van der Waals surface area contributed by atoms with Crippen molar-refractivity contribution in [2.75, 3.05) is 0 Å². The van der Waals surface area contributed by atoms with Crippen molar-refractivity contribution in [2.45, 2.75) is 32.1 Å². The summed E-state index contributed by atoms with van der Waals surface area (Å²) < 4.78 is 9.70. The lowest BCUT2D eigenvalue weighted by Gasteiger charge is -1.97. The largest absolute Gasteiger partial charge is 0.481 e. The smallest absolute Gasteiger partial charge is 0.303 e. The first-order chi connectivity index (χ1) is 7.72. The van der Waals surface area contributed by atoms with Crippen molar-refractivity contribution >= 4 is 12.4 Å². The number of carbonyl (C=O) groups excluding carboxylic acids is 1. The molecule has 5 heteroatoms. The van der Waals surface area contributed by atoms with Gasteiger partial charge in [-0.05, 0) is 18.9 Å². The van der Waals surface area contributed by atoms with Crippen molar-refractivity contribution in [3.8, 4) is 5.95 Å². The van der Waals surface area contributed by atoms with Gasteiger partial charge in [-0.2, -0.15) is 0 Å². The lowest BCUT2D eigenvalue weighted by molar-refractivity contribution is -0.137. The SMILES string of the molecule is O=COc1ccc(CCCCCC(=O)O)o1. The molecular formula is C11H14O5. The Bertz CT molecular complexity index is 342. The van der Waals surface area contributed by atoms with Crippen LogP contribution in [0.2, 0.25) is 0 Å². The number of aryl methyl sites for hydroxylation is 1. The van der Waals surface area contributed by atoms with Crippen LogP contribution in [-0.2, 0) is 16.0 Å². The van der Waals surface area contributed by atoms with Crippen molar-refractivity contribution in [3.63, 3.8) is 0 Å². The lowest BCUT2D eigenvalue weighted by Crippen LogP contribution is -1.94. The van der Waals surface area contributed by atoms with Crippen LogP contribution >= 0.6 is 0 Å². The van der Waals surface area contributed by atoms with Crippen molar-refractivity contribution in [2.24, 2.45) is 0 Å². The molecule has 0 fully saturated rings. The van der Waals surface area contributed by atoms with E-state index < -0.39 is 5.97 Å². The molecule has 1 heterocycles. The lowest BCUT2D eigenvalue weighted by atomic mass is 10.1. The minimum absolute atomic E-state index is 0.190. The van der Waals surface area contributed by atoms with Gasteiger partial charge in [-0.25, -0.2) is 0 Å². The molecule has 0 unspecified atom stereocenters. The maximum atomic E-state index is 10.2. The van der Waals surface area contributed by atoms with Crippen LogP contribution in [0.1, 0.15) is 31.4 Å². The van der Waals surface area contributed by atoms with E-state index in [0.717, 1.165) is 25.0 Å². The predicted molar refractivity (Wildman–Crippen MR) is 55.2 cm³/mol. The zero-order valence-electron chi connectivity index (χ0n) is 8.85. The molecule has 0 aliphatic carbocycles. The van der Waals surface area contributed by atoms with E-state index in [-0.39, 0.29) is 12.4 Å². The van der Waals surface area contributed by atoms with Gasteiger partial charge in [0.05, 0.1) is 0 Å². The molecular weight excluding hydrogens is 212 g/mol. The maximum Gasteiger partial charge on any atom is 0.303 e. The molecule has 1 aromatic heterocycles. The van der Waals surface area contributed by atoms with Gasteiger partial charge in [0.2, 0.25) is 0 Å². The summed E-state index contributed by atoms with van der Waals surface area (Å²) in [6, 6.07) is 3.33. The van der Waals surface area contributed by atoms with Crippen molar-refractivity contribution in [1.29, 1.82) is 0 Å². The topological polar surface area (TPSA) is 76.7 Å². The van der Waals surface area contributed by atoms with Crippen molar-refractivity contribution in [3.05, 3.63) is 17.9 Å². The number of carboxylic acids is 1. The number of carboxylic acid groups (broad SMARTS) is 1. The summed E-state index contributed by atoms with van der Waals surface area (Å²) in [6.07, 6.45) is 3.31. The average Bonchev–Trinajstić information content (AvgIpc) is 2.65. The molecule has 0 aliphatic rings. The third kappa shape index (κ3) is 4.63. The summed E-state index contributed by atoms with van der Waals surface area (Å²) in [5.41, 5.74) is 0. The molecule has 1 aromatic rings. The molecule has 16 heavy (non-hydrogen) atoms. The number of rotatable bonds is 8. The molecule has 0 aliphatic heterocycles. The Kier molecular flexibility index (Phi) is 5.11. The van der Waals surface area contributed by atoms with Crippen LogP contribution in [0.5, 0.6) is 5.95 Å². The highest BCUT2D eigenvalue weighted by molar-refractivity contribution is 5.66. The molecule has 0 aromatic carbocycles. The second-order valence-corrected chi connectivity index (χ2v) is 3.39. The molecule has 1 rings (SSSR count). The molecule has 0 bridgehead atoms. The first-order valence-electron chi connectivity index (χ1n) is 5.13. The summed E-state index contributed by atoms with van der Waals surface area (Å²) in [7, 11) is 0. The second-order valence-electron chi connectivity index (χ2n) is 3.39. The Labute approximate surface area is 93.0 Å². The number of furan rings is 1. The summed E-state index contributed by atoms with van der Waals surface area (Å²) in [4.78, 5) is 20.2. The Morgan fingerprint density at radius 3 is 2.88 bits per heavy atom. The highest BCUT2D eigenvalue weighted by Gasteiger charge is 2.03. The Morgan fingerprint density at radius 1 is 1.38 bits per heavy atom. The monoisotopic (exact) mass is 226 g/mol. The fourth-order valence-corrected chi connectivity index (χ4v) is 1.36. The van der Waals surface area contributed by atoms with Gasteiger partial charge in [0.25, 0.3) is 5.95 Å². The predicted octanol–water partition coefficient (Wildman–Crippen LogP) is 2.00. The molecule has 0 atom stereocenters. The Balaban J connectivity index is 2.16.